The Hall–Kier alpha value is -2.07. The fraction of sp³-hybridized carbons (Fsp3) is 0.154. The monoisotopic (exact) mass is 228 g/mol. The molecule has 2 heterocycles. The average Bonchev–Trinajstić information content (AvgIpc) is 2.54. The van der Waals surface area contributed by atoms with Gasteiger partial charge in [0.2, 0.25) is 0 Å². The van der Waals surface area contributed by atoms with Gasteiger partial charge in [0.15, 0.2) is 11.5 Å². The Morgan fingerprint density at radius 3 is 2.76 bits per heavy atom. The van der Waals surface area contributed by atoms with Gasteiger partial charge in [0.1, 0.15) is 11.9 Å². The molecule has 0 radical (unpaired) electrons. The molecule has 0 fully saturated rings. The Balaban J connectivity index is 2.13. The number of hydrogen-bond acceptors (Lipinski definition) is 4. The summed E-state index contributed by atoms with van der Waals surface area (Å²) in [6.45, 7) is 0.385. The van der Waals surface area contributed by atoms with Crippen molar-refractivity contribution in [3.63, 3.8) is 0 Å². The Bertz CT molecular complexity index is 542. The van der Waals surface area contributed by atoms with Crippen LogP contribution >= 0.6 is 0 Å². The molecule has 1 aromatic heterocycles. The zero-order chi connectivity index (χ0) is 11.7. The van der Waals surface area contributed by atoms with Gasteiger partial charge in [0.25, 0.3) is 0 Å². The first-order chi connectivity index (χ1) is 8.38. The largest absolute Gasteiger partial charge is 0.480 e. The van der Waals surface area contributed by atoms with E-state index in [1.54, 1.807) is 12.4 Å². The van der Waals surface area contributed by atoms with E-state index in [2.05, 4.69) is 4.98 Å². The SMILES string of the molecule is NC[C@H]1Oc2ccccc2Oc2ccncc21. The van der Waals surface area contributed by atoms with Crippen LogP contribution in [0, 0.1) is 0 Å². The van der Waals surface area contributed by atoms with Gasteiger partial charge < -0.3 is 15.2 Å². The Kier molecular flexibility index (Phi) is 2.42. The number of rotatable bonds is 1. The van der Waals surface area contributed by atoms with Gasteiger partial charge in [-0.15, -0.1) is 0 Å². The van der Waals surface area contributed by atoms with Crippen molar-refractivity contribution < 1.29 is 9.47 Å². The second-order valence-corrected chi connectivity index (χ2v) is 3.80. The molecule has 0 bridgehead atoms. The molecule has 3 rings (SSSR count). The van der Waals surface area contributed by atoms with Crippen molar-refractivity contribution in [2.75, 3.05) is 6.54 Å². The van der Waals surface area contributed by atoms with Crippen molar-refractivity contribution in [2.45, 2.75) is 6.10 Å². The summed E-state index contributed by atoms with van der Waals surface area (Å²) in [4.78, 5) is 4.09. The van der Waals surface area contributed by atoms with Crippen LogP contribution in [0.15, 0.2) is 42.7 Å². The highest BCUT2D eigenvalue weighted by Gasteiger charge is 2.23. The molecule has 0 saturated carbocycles. The number of hydrogen-bond donors (Lipinski definition) is 1. The van der Waals surface area contributed by atoms with E-state index < -0.39 is 0 Å². The number of para-hydroxylation sites is 2. The quantitative estimate of drug-likeness (QED) is 0.813. The summed E-state index contributed by atoms with van der Waals surface area (Å²) in [6, 6.07) is 9.38. The molecule has 1 aliphatic rings. The second kappa shape index (κ2) is 4.07. The van der Waals surface area contributed by atoms with Gasteiger partial charge in [-0.25, -0.2) is 0 Å². The third kappa shape index (κ3) is 1.72. The van der Waals surface area contributed by atoms with Crippen molar-refractivity contribution in [1.29, 1.82) is 0 Å². The predicted octanol–water partition coefficient (Wildman–Crippen LogP) is 2.27. The standard InChI is InChI=1S/C13H12N2O2/c14-7-13-9-8-15-6-5-10(9)16-11-3-1-2-4-12(11)17-13/h1-6,8,13H,7,14H2/t13-/m1/s1. The fourth-order valence-electron chi connectivity index (χ4n) is 1.87. The zero-order valence-electron chi connectivity index (χ0n) is 9.17. The summed E-state index contributed by atoms with van der Waals surface area (Å²) < 4.78 is 11.7. The van der Waals surface area contributed by atoms with E-state index in [4.69, 9.17) is 15.2 Å². The topological polar surface area (TPSA) is 57.4 Å². The first kappa shape index (κ1) is 10.1. The van der Waals surface area contributed by atoms with E-state index in [1.807, 2.05) is 30.3 Å². The molecule has 4 heteroatoms. The van der Waals surface area contributed by atoms with Crippen LogP contribution in [0.5, 0.6) is 17.2 Å². The van der Waals surface area contributed by atoms with Gasteiger partial charge in [-0.3, -0.25) is 4.98 Å². The van der Waals surface area contributed by atoms with Gasteiger partial charge >= 0.3 is 0 Å². The smallest absolute Gasteiger partial charge is 0.169 e. The molecule has 0 spiro atoms. The normalized spacial score (nSPS) is 17.1. The van der Waals surface area contributed by atoms with Crippen LogP contribution in [0.25, 0.3) is 0 Å². The third-order valence-corrected chi connectivity index (χ3v) is 2.71. The van der Waals surface area contributed by atoms with Gasteiger partial charge in [0, 0.05) is 18.9 Å². The van der Waals surface area contributed by atoms with E-state index in [-0.39, 0.29) is 6.10 Å². The Labute approximate surface area is 99.0 Å². The van der Waals surface area contributed by atoms with Gasteiger partial charge in [-0.05, 0) is 18.2 Å². The molecule has 0 aliphatic carbocycles. The summed E-state index contributed by atoms with van der Waals surface area (Å²) in [6.07, 6.45) is 3.21. The molecule has 4 nitrogen and oxygen atoms in total. The van der Waals surface area contributed by atoms with Crippen LogP contribution in [-0.2, 0) is 0 Å². The Morgan fingerprint density at radius 1 is 1.12 bits per heavy atom. The van der Waals surface area contributed by atoms with Crippen LogP contribution < -0.4 is 15.2 Å². The van der Waals surface area contributed by atoms with E-state index >= 15 is 0 Å². The molecule has 0 amide bonds. The van der Waals surface area contributed by atoms with Crippen LogP contribution in [0.2, 0.25) is 0 Å². The van der Waals surface area contributed by atoms with Crippen molar-refractivity contribution in [3.05, 3.63) is 48.3 Å². The number of nitrogens with zero attached hydrogens (tertiary/aromatic N) is 1. The first-order valence-corrected chi connectivity index (χ1v) is 5.46. The lowest BCUT2D eigenvalue weighted by atomic mass is 10.1. The van der Waals surface area contributed by atoms with Crippen molar-refractivity contribution >= 4 is 0 Å². The third-order valence-electron chi connectivity index (χ3n) is 2.71. The number of pyridine rings is 1. The summed E-state index contributed by atoms with van der Waals surface area (Å²) in [5.74, 6) is 2.16. The fourth-order valence-corrected chi connectivity index (χ4v) is 1.87. The van der Waals surface area contributed by atoms with Gasteiger partial charge in [-0.1, -0.05) is 12.1 Å². The summed E-state index contributed by atoms with van der Waals surface area (Å²) in [7, 11) is 0. The predicted molar refractivity (Wildman–Crippen MR) is 63.2 cm³/mol. The highest BCUT2D eigenvalue weighted by molar-refractivity contribution is 5.47. The lowest BCUT2D eigenvalue weighted by molar-refractivity contribution is 0.216. The average molecular weight is 228 g/mol. The summed E-state index contributed by atoms with van der Waals surface area (Å²) in [5.41, 5.74) is 6.62. The van der Waals surface area contributed by atoms with Crippen molar-refractivity contribution in [3.8, 4) is 17.2 Å². The van der Waals surface area contributed by atoms with Gasteiger partial charge in [-0.2, -0.15) is 0 Å². The number of aromatic nitrogens is 1. The minimum absolute atomic E-state index is 0.220. The maximum Gasteiger partial charge on any atom is 0.169 e. The molecule has 1 atom stereocenters. The molecule has 17 heavy (non-hydrogen) atoms. The molecule has 2 N–H and O–H groups in total. The first-order valence-electron chi connectivity index (χ1n) is 5.46. The molecule has 2 aromatic rings. The zero-order valence-corrected chi connectivity index (χ0v) is 9.17. The molecular weight excluding hydrogens is 216 g/mol. The van der Waals surface area contributed by atoms with Crippen LogP contribution in [0.4, 0.5) is 0 Å². The second-order valence-electron chi connectivity index (χ2n) is 3.80. The minimum Gasteiger partial charge on any atom is -0.480 e. The molecule has 86 valence electrons. The van der Waals surface area contributed by atoms with E-state index in [9.17, 15) is 0 Å². The lowest BCUT2D eigenvalue weighted by Gasteiger charge is -2.15. The van der Waals surface area contributed by atoms with Gasteiger partial charge in [0.05, 0.1) is 5.56 Å². The Morgan fingerprint density at radius 2 is 1.94 bits per heavy atom. The number of fused-ring (bicyclic) bond motifs is 2. The molecule has 1 aromatic carbocycles. The maximum absolute atomic E-state index is 5.84. The minimum atomic E-state index is -0.220. The van der Waals surface area contributed by atoms with Crippen LogP contribution in [-0.4, -0.2) is 11.5 Å². The highest BCUT2D eigenvalue weighted by atomic mass is 16.5. The van der Waals surface area contributed by atoms with E-state index in [0.717, 1.165) is 11.3 Å². The molecule has 1 aliphatic heterocycles. The molecule has 0 unspecified atom stereocenters. The van der Waals surface area contributed by atoms with Crippen molar-refractivity contribution in [2.24, 2.45) is 5.73 Å². The van der Waals surface area contributed by atoms with Crippen molar-refractivity contribution in [1.82, 2.24) is 4.98 Å². The summed E-state index contributed by atoms with van der Waals surface area (Å²) >= 11 is 0. The number of benzene rings is 1. The highest BCUT2D eigenvalue weighted by Crippen LogP contribution is 2.40. The number of ether oxygens (including phenoxy) is 2. The molecule has 0 saturated heterocycles. The summed E-state index contributed by atoms with van der Waals surface area (Å²) in [5, 5.41) is 0. The number of nitrogens with two attached hydrogens (primary N) is 1. The van der Waals surface area contributed by atoms with Crippen LogP contribution in [0.3, 0.4) is 0 Å². The van der Waals surface area contributed by atoms with E-state index in [0.29, 0.717) is 18.0 Å². The van der Waals surface area contributed by atoms with E-state index in [1.165, 1.54) is 0 Å². The molecular formula is C13H12N2O2. The van der Waals surface area contributed by atoms with Crippen LogP contribution in [0.1, 0.15) is 11.7 Å². The lowest BCUT2D eigenvalue weighted by Crippen LogP contribution is -2.17. The maximum atomic E-state index is 5.84.